The van der Waals surface area contributed by atoms with Crippen molar-refractivity contribution in [3.05, 3.63) is 49.1 Å². The molecule has 0 nitrogen and oxygen atoms in total. The Morgan fingerprint density at radius 3 is 2.31 bits per heavy atom. The van der Waals surface area contributed by atoms with Crippen molar-refractivity contribution in [1.82, 2.24) is 0 Å². The van der Waals surface area contributed by atoms with Crippen LogP contribution in [0.25, 0.3) is 0 Å². The van der Waals surface area contributed by atoms with Crippen LogP contribution >= 0.6 is 0 Å². The van der Waals surface area contributed by atoms with Gasteiger partial charge in [-0.1, -0.05) is 76.6 Å². The minimum atomic E-state index is 0.680. The van der Waals surface area contributed by atoms with Crippen LogP contribution in [0.2, 0.25) is 0 Å². The summed E-state index contributed by atoms with van der Waals surface area (Å²) in [5, 5.41) is 0. The molecule has 0 N–H and O–H groups in total. The number of unbranched alkanes of at least 4 members (excludes halogenated alkanes) is 1. The SMILES string of the molecule is C=C/C=C\C(=C/C=C)C(CCC)CCCC. The molecule has 0 saturated carbocycles. The van der Waals surface area contributed by atoms with Crippen LogP contribution in [-0.4, -0.2) is 0 Å². The van der Waals surface area contributed by atoms with Crippen molar-refractivity contribution in [1.29, 1.82) is 0 Å². The van der Waals surface area contributed by atoms with E-state index in [1.54, 1.807) is 0 Å². The van der Waals surface area contributed by atoms with E-state index in [-0.39, 0.29) is 0 Å². The van der Waals surface area contributed by atoms with Crippen molar-refractivity contribution in [2.75, 3.05) is 0 Å². The maximum absolute atomic E-state index is 3.80. The summed E-state index contributed by atoms with van der Waals surface area (Å²) in [6, 6.07) is 0. The van der Waals surface area contributed by atoms with Gasteiger partial charge in [-0.15, -0.1) is 0 Å². The first-order valence-electron chi connectivity index (χ1n) is 6.41. The lowest BCUT2D eigenvalue weighted by Gasteiger charge is -2.17. The topological polar surface area (TPSA) is 0 Å². The molecule has 0 aliphatic heterocycles. The van der Waals surface area contributed by atoms with Crippen molar-refractivity contribution in [3.63, 3.8) is 0 Å². The molecule has 1 atom stereocenters. The fourth-order valence-electron chi connectivity index (χ4n) is 1.92. The van der Waals surface area contributed by atoms with Gasteiger partial charge in [0, 0.05) is 0 Å². The Labute approximate surface area is 101 Å². The van der Waals surface area contributed by atoms with E-state index in [1.807, 2.05) is 18.2 Å². The van der Waals surface area contributed by atoms with Gasteiger partial charge in [0.2, 0.25) is 0 Å². The van der Waals surface area contributed by atoms with Gasteiger partial charge in [-0.2, -0.15) is 0 Å². The molecule has 0 spiro atoms. The molecule has 0 aromatic heterocycles. The summed E-state index contributed by atoms with van der Waals surface area (Å²) in [6.45, 7) is 12.0. The molecule has 0 aromatic carbocycles. The van der Waals surface area contributed by atoms with Crippen LogP contribution < -0.4 is 0 Å². The van der Waals surface area contributed by atoms with Crippen LogP contribution in [0.4, 0.5) is 0 Å². The van der Waals surface area contributed by atoms with Gasteiger partial charge in [-0.05, 0) is 24.3 Å². The van der Waals surface area contributed by atoms with E-state index in [0.717, 1.165) is 0 Å². The van der Waals surface area contributed by atoms with Gasteiger partial charge in [0.15, 0.2) is 0 Å². The summed E-state index contributed by atoms with van der Waals surface area (Å²) < 4.78 is 0. The van der Waals surface area contributed by atoms with Gasteiger partial charge in [0.05, 0.1) is 0 Å². The smallest absolute Gasteiger partial charge is 0.0162 e. The number of hydrogen-bond donors (Lipinski definition) is 0. The maximum atomic E-state index is 3.80. The molecule has 0 amide bonds. The highest BCUT2D eigenvalue weighted by Crippen LogP contribution is 2.24. The highest BCUT2D eigenvalue weighted by molar-refractivity contribution is 5.27. The molecule has 0 aliphatic carbocycles. The van der Waals surface area contributed by atoms with Crippen molar-refractivity contribution in [3.8, 4) is 0 Å². The van der Waals surface area contributed by atoms with Gasteiger partial charge in [0.25, 0.3) is 0 Å². The minimum Gasteiger partial charge on any atom is -0.0991 e. The predicted octanol–water partition coefficient (Wildman–Crippen LogP) is 5.45. The third-order valence-electron chi connectivity index (χ3n) is 2.75. The first-order valence-corrected chi connectivity index (χ1v) is 6.41. The summed E-state index contributed by atoms with van der Waals surface area (Å²) in [6.07, 6.45) is 16.4. The molecule has 0 heteroatoms. The van der Waals surface area contributed by atoms with Crippen molar-refractivity contribution in [2.24, 2.45) is 5.92 Å². The molecule has 1 unspecified atom stereocenters. The van der Waals surface area contributed by atoms with Crippen LogP contribution in [0.1, 0.15) is 46.0 Å². The molecule has 0 rings (SSSR count). The Hall–Kier alpha value is -1.04. The molecular formula is C16H26. The van der Waals surface area contributed by atoms with E-state index < -0.39 is 0 Å². The normalized spacial score (nSPS) is 14.0. The van der Waals surface area contributed by atoms with Crippen LogP contribution in [0, 0.1) is 5.92 Å². The van der Waals surface area contributed by atoms with Gasteiger partial charge >= 0.3 is 0 Å². The first kappa shape index (κ1) is 15.0. The standard InChI is InChI=1S/C16H26/c1-5-9-13-15(11-7-3)16(12-8-4)14-10-6-2/h5,7,9,11,13,16H,1,3,6,8,10,12,14H2,2,4H3/b13-9-,15-11+. The van der Waals surface area contributed by atoms with Gasteiger partial charge in [0.1, 0.15) is 0 Å². The van der Waals surface area contributed by atoms with Gasteiger partial charge in [-0.3, -0.25) is 0 Å². The summed E-state index contributed by atoms with van der Waals surface area (Å²) in [4.78, 5) is 0. The fraction of sp³-hybridized carbons (Fsp3) is 0.500. The Morgan fingerprint density at radius 1 is 1.06 bits per heavy atom. The van der Waals surface area contributed by atoms with Crippen LogP contribution in [0.15, 0.2) is 49.1 Å². The van der Waals surface area contributed by atoms with Crippen molar-refractivity contribution >= 4 is 0 Å². The van der Waals surface area contributed by atoms with E-state index in [0.29, 0.717) is 5.92 Å². The highest BCUT2D eigenvalue weighted by Gasteiger charge is 2.09. The first-order chi connectivity index (χ1) is 7.79. The molecule has 0 aromatic rings. The zero-order chi connectivity index (χ0) is 12.2. The minimum absolute atomic E-state index is 0.680. The third-order valence-corrected chi connectivity index (χ3v) is 2.75. The maximum Gasteiger partial charge on any atom is -0.0162 e. The zero-order valence-corrected chi connectivity index (χ0v) is 10.9. The quantitative estimate of drug-likeness (QED) is 0.452. The lowest BCUT2D eigenvalue weighted by molar-refractivity contribution is 0.496. The zero-order valence-electron chi connectivity index (χ0n) is 10.9. The van der Waals surface area contributed by atoms with Gasteiger partial charge in [-0.25, -0.2) is 0 Å². The second-order valence-electron chi connectivity index (χ2n) is 4.13. The average molecular weight is 218 g/mol. The molecule has 0 radical (unpaired) electrons. The Kier molecular flexibility index (Phi) is 9.80. The fourth-order valence-corrected chi connectivity index (χ4v) is 1.92. The van der Waals surface area contributed by atoms with Crippen LogP contribution in [0.5, 0.6) is 0 Å². The van der Waals surface area contributed by atoms with E-state index in [1.165, 1.54) is 37.7 Å². The van der Waals surface area contributed by atoms with Crippen LogP contribution in [-0.2, 0) is 0 Å². The molecule has 0 heterocycles. The lowest BCUT2D eigenvalue weighted by Crippen LogP contribution is -2.02. The second-order valence-corrected chi connectivity index (χ2v) is 4.13. The Balaban J connectivity index is 4.64. The molecule has 90 valence electrons. The lowest BCUT2D eigenvalue weighted by atomic mass is 9.88. The molecular weight excluding hydrogens is 192 g/mol. The second kappa shape index (κ2) is 10.5. The molecule has 0 bridgehead atoms. The van der Waals surface area contributed by atoms with Crippen molar-refractivity contribution < 1.29 is 0 Å². The average Bonchev–Trinajstić information content (AvgIpc) is 2.30. The van der Waals surface area contributed by atoms with E-state index in [9.17, 15) is 0 Å². The molecule has 16 heavy (non-hydrogen) atoms. The monoisotopic (exact) mass is 218 g/mol. The largest absolute Gasteiger partial charge is 0.0991 e. The van der Waals surface area contributed by atoms with E-state index >= 15 is 0 Å². The number of rotatable bonds is 9. The van der Waals surface area contributed by atoms with Gasteiger partial charge < -0.3 is 0 Å². The third kappa shape index (κ3) is 6.44. The highest BCUT2D eigenvalue weighted by atomic mass is 14.1. The molecule has 0 fully saturated rings. The van der Waals surface area contributed by atoms with Crippen molar-refractivity contribution in [2.45, 2.75) is 46.0 Å². The number of hydrogen-bond acceptors (Lipinski definition) is 0. The predicted molar refractivity (Wildman–Crippen MR) is 75.5 cm³/mol. The summed E-state index contributed by atoms with van der Waals surface area (Å²) in [5.74, 6) is 0.680. The van der Waals surface area contributed by atoms with Crippen LogP contribution in [0.3, 0.4) is 0 Å². The molecule has 0 saturated heterocycles. The molecule has 0 aliphatic rings. The number of allylic oxidation sites excluding steroid dienone is 6. The summed E-state index contributed by atoms with van der Waals surface area (Å²) in [7, 11) is 0. The van der Waals surface area contributed by atoms with E-state index in [4.69, 9.17) is 0 Å². The summed E-state index contributed by atoms with van der Waals surface area (Å²) in [5.41, 5.74) is 1.39. The Bertz CT molecular complexity index is 243. The Morgan fingerprint density at radius 2 is 1.81 bits per heavy atom. The summed E-state index contributed by atoms with van der Waals surface area (Å²) >= 11 is 0. The van der Waals surface area contributed by atoms with E-state index in [2.05, 4.69) is 39.2 Å².